The number of hydrogen-bond acceptors (Lipinski definition) is 1. The van der Waals surface area contributed by atoms with Crippen molar-refractivity contribution in [1.82, 2.24) is 0 Å². The molecule has 3 heteroatoms. The van der Waals surface area contributed by atoms with E-state index >= 15 is 0 Å². The van der Waals surface area contributed by atoms with E-state index in [0.717, 1.165) is 6.42 Å². The van der Waals surface area contributed by atoms with Crippen molar-refractivity contribution < 1.29 is 9.18 Å². The molecule has 0 saturated carbocycles. The molecule has 0 aromatic heterocycles. The van der Waals surface area contributed by atoms with E-state index in [0.29, 0.717) is 12.8 Å². The van der Waals surface area contributed by atoms with Gasteiger partial charge < -0.3 is 0 Å². The first-order valence-corrected chi connectivity index (χ1v) is 7.17. The minimum Gasteiger partial charge on any atom is -0.299 e. The maximum atomic E-state index is 12.1. The van der Waals surface area contributed by atoms with Gasteiger partial charge in [-0.2, -0.15) is 0 Å². The average Bonchev–Trinajstić information content (AvgIpc) is 2.36. The zero-order valence-corrected chi connectivity index (χ0v) is 12.5. The van der Waals surface area contributed by atoms with Gasteiger partial charge in [-0.25, -0.2) is 0 Å². The quantitative estimate of drug-likeness (QED) is 0.657. The molecule has 1 aromatic carbocycles. The number of benzene rings is 1. The van der Waals surface area contributed by atoms with Gasteiger partial charge in [-0.05, 0) is 18.4 Å². The van der Waals surface area contributed by atoms with E-state index in [2.05, 4.69) is 15.9 Å². The number of alkyl halides is 2. The van der Waals surface area contributed by atoms with Crippen LogP contribution in [0.25, 0.3) is 0 Å². The monoisotopic (exact) mass is 314 g/mol. The first-order valence-electron chi connectivity index (χ1n) is 6.25. The zero-order chi connectivity index (χ0) is 13.6. The maximum Gasteiger partial charge on any atom is 0.138 e. The Hall–Kier alpha value is -0.700. The lowest BCUT2D eigenvalue weighted by molar-refractivity contribution is -0.127. The third kappa shape index (κ3) is 4.52. The van der Waals surface area contributed by atoms with Gasteiger partial charge in [0.2, 0.25) is 0 Å². The van der Waals surface area contributed by atoms with Crippen molar-refractivity contribution >= 4 is 21.7 Å². The van der Waals surface area contributed by atoms with Crippen molar-refractivity contribution in [3.63, 3.8) is 0 Å². The molecule has 100 valence electrons. The fourth-order valence-corrected chi connectivity index (χ4v) is 3.02. The number of carbonyl (C=O) groups is 1. The van der Waals surface area contributed by atoms with E-state index in [1.807, 2.05) is 44.2 Å². The van der Waals surface area contributed by atoms with E-state index in [-0.39, 0.29) is 10.6 Å². The van der Waals surface area contributed by atoms with Crippen LogP contribution in [0, 0.1) is 5.41 Å². The van der Waals surface area contributed by atoms with Crippen molar-refractivity contribution in [1.29, 1.82) is 0 Å². The molecule has 0 fully saturated rings. The van der Waals surface area contributed by atoms with Crippen molar-refractivity contribution in [2.45, 2.75) is 37.9 Å². The molecule has 1 aromatic rings. The highest BCUT2D eigenvalue weighted by molar-refractivity contribution is 9.09. The molecule has 0 bridgehead atoms. The molecule has 0 amide bonds. The lowest BCUT2D eigenvalue weighted by Gasteiger charge is -2.26. The molecule has 0 radical (unpaired) electrons. The van der Waals surface area contributed by atoms with Crippen LogP contribution in [0.2, 0.25) is 0 Å². The predicted octanol–water partition coefficient (Wildman–Crippen LogP) is 4.86. The summed E-state index contributed by atoms with van der Waals surface area (Å²) in [4.78, 5) is 12.2. The van der Waals surface area contributed by atoms with Gasteiger partial charge in [-0.3, -0.25) is 9.18 Å². The third-order valence-electron chi connectivity index (χ3n) is 3.14. The van der Waals surface area contributed by atoms with Crippen LogP contribution in [-0.4, -0.2) is 12.5 Å². The number of hydrogen-bond donors (Lipinski definition) is 0. The summed E-state index contributed by atoms with van der Waals surface area (Å²) in [7, 11) is 0. The molecule has 0 aliphatic rings. The maximum absolute atomic E-state index is 12.1. The van der Waals surface area contributed by atoms with E-state index in [1.165, 1.54) is 5.56 Å². The number of carbonyl (C=O) groups excluding carboxylic acids is 1. The first-order chi connectivity index (χ1) is 8.47. The van der Waals surface area contributed by atoms with E-state index < -0.39 is 12.1 Å². The highest BCUT2D eigenvalue weighted by atomic mass is 79.9. The summed E-state index contributed by atoms with van der Waals surface area (Å²) in [5.41, 5.74) is 0.753. The summed E-state index contributed by atoms with van der Waals surface area (Å²) in [5.74, 6) is 0.139. The van der Waals surface area contributed by atoms with Crippen LogP contribution in [0.5, 0.6) is 0 Å². The first kappa shape index (κ1) is 15.4. The molecule has 1 rings (SSSR count). The Morgan fingerprint density at radius 1 is 1.33 bits per heavy atom. The molecule has 0 aliphatic carbocycles. The minimum atomic E-state index is -0.418. The largest absolute Gasteiger partial charge is 0.299 e. The Bertz CT molecular complexity index is 375. The summed E-state index contributed by atoms with van der Waals surface area (Å²) in [6, 6.07) is 10.0. The topological polar surface area (TPSA) is 17.1 Å². The highest BCUT2D eigenvalue weighted by Crippen LogP contribution is 2.37. The van der Waals surface area contributed by atoms with Crippen LogP contribution in [-0.2, 0) is 4.79 Å². The molecule has 0 saturated heterocycles. The van der Waals surface area contributed by atoms with Gasteiger partial charge in [0.25, 0.3) is 0 Å². The van der Waals surface area contributed by atoms with Crippen LogP contribution in [0.1, 0.15) is 43.5 Å². The fraction of sp³-hybridized carbons (Fsp3) is 0.533. The molecular weight excluding hydrogens is 295 g/mol. The van der Waals surface area contributed by atoms with Crippen molar-refractivity contribution in [2.75, 3.05) is 6.67 Å². The Kier molecular flexibility index (Phi) is 6.00. The Morgan fingerprint density at radius 2 is 1.94 bits per heavy atom. The Morgan fingerprint density at radius 3 is 2.50 bits per heavy atom. The lowest BCUT2D eigenvalue weighted by Crippen LogP contribution is -2.25. The zero-order valence-electron chi connectivity index (χ0n) is 11.0. The smallest absolute Gasteiger partial charge is 0.138 e. The van der Waals surface area contributed by atoms with Crippen molar-refractivity contribution in [3.05, 3.63) is 35.9 Å². The Labute approximate surface area is 117 Å². The van der Waals surface area contributed by atoms with Crippen LogP contribution in [0.3, 0.4) is 0 Å². The molecular formula is C15H20BrFO. The third-order valence-corrected chi connectivity index (χ3v) is 4.00. The molecule has 1 unspecified atom stereocenters. The van der Waals surface area contributed by atoms with E-state index in [1.54, 1.807) is 0 Å². The van der Waals surface area contributed by atoms with Gasteiger partial charge in [0.1, 0.15) is 5.78 Å². The second-order valence-corrected chi connectivity index (χ2v) is 6.29. The molecule has 0 aliphatic heterocycles. The molecule has 0 N–H and O–H groups in total. The van der Waals surface area contributed by atoms with Crippen LogP contribution in [0.15, 0.2) is 30.3 Å². The van der Waals surface area contributed by atoms with E-state index in [4.69, 9.17) is 0 Å². The second-order valence-electron chi connectivity index (χ2n) is 5.18. The van der Waals surface area contributed by atoms with Crippen LogP contribution < -0.4 is 0 Å². The number of Topliss-reactive ketones (excluding diaryl/α,β-unsaturated/α-hetero) is 1. The summed E-state index contributed by atoms with van der Waals surface area (Å²) in [6.45, 7) is 3.45. The summed E-state index contributed by atoms with van der Waals surface area (Å²) in [6.07, 6.45) is 1.39. The summed E-state index contributed by atoms with van der Waals surface area (Å²) < 4.78 is 12.1. The Balaban J connectivity index is 2.62. The molecule has 1 nitrogen and oxygen atoms in total. The van der Waals surface area contributed by atoms with Crippen molar-refractivity contribution in [2.24, 2.45) is 5.41 Å². The van der Waals surface area contributed by atoms with E-state index in [9.17, 15) is 9.18 Å². The molecule has 18 heavy (non-hydrogen) atoms. The number of ketones is 1. The molecule has 0 spiro atoms. The summed E-state index contributed by atoms with van der Waals surface area (Å²) >= 11 is 3.63. The van der Waals surface area contributed by atoms with Gasteiger partial charge in [0.05, 0.1) is 6.67 Å². The predicted molar refractivity (Wildman–Crippen MR) is 76.7 cm³/mol. The lowest BCUT2D eigenvalue weighted by atomic mass is 9.80. The number of rotatable bonds is 7. The highest BCUT2D eigenvalue weighted by Gasteiger charge is 2.29. The van der Waals surface area contributed by atoms with Gasteiger partial charge in [-0.1, -0.05) is 60.1 Å². The normalized spacial score (nSPS) is 13.3. The van der Waals surface area contributed by atoms with Gasteiger partial charge in [0.15, 0.2) is 0 Å². The minimum absolute atomic E-state index is 0.139. The second kappa shape index (κ2) is 7.03. The molecule has 1 atom stereocenters. The standard InChI is InChI=1S/C15H20BrFO/c1-15(2,14(18)9-6-10-17)11-13(16)12-7-4-3-5-8-12/h3-5,7-8,13H,6,9-11H2,1-2H3. The van der Waals surface area contributed by atoms with Crippen molar-refractivity contribution in [3.8, 4) is 0 Å². The summed E-state index contributed by atoms with van der Waals surface area (Å²) in [5, 5.41) is 0. The van der Waals surface area contributed by atoms with Crippen LogP contribution in [0.4, 0.5) is 4.39 Å². The SMILES string of the molecule is CC(C)(CC(Br)c1ccccc1)C(=O)CCCF. The van der Waals surface area contributed by atoms with Gasteiger partial charge >= 0.3 is 0 Å². The number of halogens is 2. The van der Waals surface area contributed by atoms with Gasteiger partial charge in [-0.15, -0.1) is 0 Å². The van der Waals surface area contributed by atoms with Crippen LogP contribution >= 0.6 is 15.9 Å². The average molecular weight is 315 g/mol. The fourth-order valence-electron chi connectivity index (χ4n) is 1.91. The molecule has 0 heterocycles. The van der Waals surface area contributed by atoms with Gasteiger partial charge in [0, 0.05) is 16.7 Å².